The van der Waals surface area contributed by atoms with Gasteiger partial charge >= 0.3 is 0 Å². The molecule has 0 spiro atoms. The fraction of sp³-hybridized carbons (Fsp3) is 0.211. The number of thiocarbonyl (C=S) groups is 1. The summed E-state index contributed by atoms with van der Waals surface area (Å²) in [6.07, 6.45) is 0. The molecule has 2 aromatic carbocycles. The van der Waals surface area contributed by atoms with Gasteiger partial charge in [0.05, 0.1) is 0 Å². The second-order valence-electron chi connectivity index (χ2n) is 5.95. The molecule has 6 heteroatoms. The number of hydrogen-bond donors (Lipinski definition) is 3. The number of hydrogen-bond acceptors (Lipinski definition) is 3. The van der Waals surface area contributed by atoms with Gasteiger partial charge in [0.15, 0.2) is 5.11 Å². The molecule has 0 saturated heterocycles. The van der Waals surface area contributed by atoms with Crippen LogP contribution in [0, 0.1) is 0 Å². The molecule has 0 atom stereocenters. The second-order valence-corrected chi connectivity index (χ2v) is 6.36. The lowest BCUT2D eigenvalue weighted by atomic mass is 10.0. The highest BCUT2D eigenvalue weighted by Gasteiger charge is 2.09. The van der Waals surface area contributed by atoms with E-state index in [2.05, 4.69) is 29.8 Å². The van der Waals surface area contributed by atoms with Crippen molar-refractivity contribution >= 4 is 40.5 Å². The minimum Gasteiger partial charge on any atom is -0.332 e. The first-order valence-electron chi connectivity index (χ1n) is 7.95. The molecule has 0 radical (unpaired) electrons. The molecule has 0 aliphatic carbocycles. The van der Waals surface area contributed by atoms with Crippen molar-refractivity contribution in [2.45, 2.75) is 26.7 Å². The fourth-order valence-corrected chi connectivity index (χ4v) is 2.45. The molecule has 25 heavy (non-hydrogen) atoms. The molecule has 0 aromatic heterocycles. The summed E-state index contributed by atoms with van der Waals surface area (Å²) in [6.45, 7) is 5.64. The molecule has 2 aromatic rings. The summed E-state index contributed by atoms with van der Waals surface area (Å²) in [5, 5.41) is 8.46. The molecule has 0 heterocycles. The maximum absolute atomic E-state index is 12.2. The number of amides is 2. The predicted molar refractivity (Wildman–Crippen MR) is 105 cm³/mol. The average molecular weight is 355 g/mol. The lowest BCUT2D eigenvalue weighted by Crippen LogP contribution is -2.34. The van der Waals surface area contributed by atoms with Crippen LogP contribution < -0.4 is 16.0 Å². The Balaban J connectivity index is 1.97. The van der Waals surface area contributed by atoms with Crippen LogP contribution in [0.3, 0.4) is 0 Å². The van der Waals surface area contributed by atoms with Crippen molar-refractivity contribution in [3.63, 3.8) is 0 Å². The predicted octanol–water partition coefficient (Wildman–Crippen LogP) is 3.90. The summed E-state index contributed by atoms with van der Waals surface area (Å²) in [5.41, 5.74) is 3.04. The Bertz CT molecular complexity index is 786. The van der Waals surface area contributed by atoms with Crippen LogP contribution in [0.4, 0.5) is 11.4 Å². The quantitative estimate of drug-likeness (QED) is 0.728. The van der Waals surface area contributed by atoms with Gasteiger partial charge in [-0.15, -0.1) is 0 Å². The van der Waals surface area contributed by atoms with Crippen molar-refractivity contribution in [2.24, 2.45) is 0 Å². The van der Waals surface area contributed by atoms with E-state index in [-0.39, 0.29) is 16.9 Å². The monoisotopic (exact) mass is 355 g/mol. The van der Waals surface area contributed by atoms with Gasteiger partial charge in [-0.25, -0.2) is 0 Å². The normalized spacial score (nSPS) is 10.2. The van der Waals surface area contributed by atoms with E-state index in [0.29, 0.717) is 22.9 Å². The van der Waals surface area contributed by atoms with Crippen LogP contribution in [0.1, 0.15) is 42.6 Å². The molecule has 5 nitrogen and oxygen atoms in total. The van der Waals surface area contributed by atoms with Crippen LogP contribution in [0.15, 0.2) is 48.5 Å². The minimum atomic E-state index is -0.272. The minimum absolute atomic E-state index is 0.155. The number of rotatable bonds is 4. The molecule has 0 unspecified atom stereocenters. The van der Waals surface area contributed by atoms with Crippen LogP contribution in [0.2, 0.25) is 0 Å². The Morgan fingerprint density at radius 3 is 2.12 bits per heavy atom. The van der Waals surface area contributed by atoms with Gasteiger partial charge in [-0.1, -0.05) is 32.0 Å². The van der Waals surface area contributed by atoms with Crippen molar-refractivity contribution in [1.82, 2.24) is 5.32 Å². The highest BCUT2D eigenvalue weighted by Crippen LogP contribution is 2.16. The topological polar surface area (TPSA) is 70.2 Å². The van der Waals surface area contributed by atoms with E-state index in [9.17, 15) is 9.59 Å². The van der Waals surface area contributed by atoms with Crippen molar-refractivity contribution in [3.8, 4) is 0 Å². The maximum atomic E-state index is 12.2. The molecule has 0 saturated carbocycles. The van der Waals surface area contributed by atoms with Gasteiger partial charge < -0.3 is 10.6 Å². The number of nitrogens with one attached hydrogen (secondary N) is 3. The smallest absolute Gasteiger partial charge is 0.257 e. The Labute approximate surface area is 152 Å². The Morgan fingerprint density at radius 1 is 0.960 bits per heavy atom. The zero-order valence-corrected chi connectivity index (χ0v) is 15.2. The van der Waals surface area contributed by atoms with Crippen molar-refractivity contribution in [3.05, 3.63) is 59.7 Å². The van der Waals surface area contributed by atoms with Gasteiger partial charge in [0, 0.05) is 23.9 Å². The zero-order chi connectivity index (χ0) is 18.4. The van der Waals surface area contributed by atoms with Gasteiger partial charge in [-0.05, 0) is 54.0 Å². The summed E-state index contributed by atoms with van der Waals surface area (Å²) in [4.78, 5) is 23.3. The number of carbonyl (C=O) groups is 2. The summed E-state index contributed by atoms with van der Waals surface area (Å²) >= 11 is 5.18. The largest absolute Gasteiger partial charge is 0.332 e. The van der Waals surface area contributed by atoms with E-state index in [1.807, 2.05) is 12.1 Å². The van der Waals surface area contributed by atoms with Crippen molar-refractivity contribution in [2.75, 3.05) is 10.6 Å². The third-order valence-corrected chi connectivity index (χ3v) is 3.71. The first kappa shape index (κ1) is 18.6. The summed E-state index contributed by atoms with van der Waals surface area (Å²) < 4.78 is 0. The third-order valence-electron chi connectivity index (χ3n) is 3.51. The summed E-state index contributed by atoms with van der Waals surface area (Å²) in [7, 11) is 0. The molecule has 0 aliphatic rings. The van der Waals surface area contributed by atoms with E-state index in [1.54, 1.807) is 36.4 Å². The van der Waals surface area contributed by atoms with E-state index in [0.717, 1.165) is 0 Å². The SMILES string of the molecule is CC(=O)Nc1cccc(NC(=S)NC(=O)c2ccc(C(C)C)cc2)c1. The molecule has 0 aliphatic heterocycles. The van der Waals surface area contributed by atoms with Crippen LogP contribution in [0.5, 0.6) is 0 Å². The van der Waals surface area contributed by atoms with Gasteiger partial charge in [0.1, 0.15) is 0 Å². The first-order valence-corrected chi connectivity index (χ1v) is 8.36. The maximum Gasteiger partial charge on any atom is 0.257 e. The molecular weight excluding hydrogens is 334 g/mol. The molecule has 0 fully saturated rings. The van der Waals surface area contributed by atoms with Crippen molar-refractivity contribution in [1.29, 1.82) is 0 Å². The Morgan fingerprint density at radius 2 is 1.56 bits per heavy atom. The van der Waals surface area contributed by atoms with Gasteiger partial charge in [-0.2, -0.15) is 0 Å². The van der Waals surface area contributed by atoms with Gasteiger partial charge in [-0.3, -0.25) is 14.9 Å². The summed E-state index contributed by atoms with van der Waals surface area (Å²) in [5.74, 6) is -0.0144. The second kappa shape index (κ2) is 8.39. The van der Waals surface area contributed by atoms with E-state index in [1.165, 1.54) is 12.5 Å². The van der Waals surface area contributed by atoms with Gasteiger partial charge in [0.2, 0.25) is 5.91 Å². The molecule has 3 N–H and O–H groups in total. The van der Waals surface area contributed by atoms with Crippen molar-refractivity contribution < 1.29 is 9.59 Å². The standard InChI is InChI=1S/C19H21N3O2S/c1-12(2)14-7-9-15(10-8-14)18(24)22-19(25)21-17-6-4-5-16(11-17)20-13(3)23/h4-12H,1-3H3,(H,20,23)(H2,21,22,24,25). The average Bonchev–Trinajstić information content (AvgIpc) is 2.54. The fourth-order valence-electron chi connectivity index (χ4n) is 2.23. The zero-order valence-electron chi connectivity index (χ0n) is 14.4. The highest BCUT2D eigenvalue weighted by molar-refractivity contribution is 7.80. The number of benzene rings is 2. The molecular formula is C19H21N3O2S. The molecule has 0 bridgehead atoms. The molecule has 2 rings (SSSR count). The van der Waals surface area contributed by atoms with Crippen LogP contribution in [-0.2, 0) is 4.79 Å². The molecule has 2 amide bonds. The van der Waals surface area contributed by atoms with Crippen LogP contribution >= 0.6 is 12.2 Å². The highest BCUT2D eigenvalue weighted by atomic mass is 32.1. The summed E-state index contributed by atoms with van der Waals surface area (Å²) in [6, 6.07) is 14.5. The first-order chi connectivity index (χ1) is 11.8. The lowest BCUT2D eigenvalue weighted by molar-refractivity contribution is -0.114. The lowest BCUT2D eigenvalue weighted by Gasteiger charge is -2.11. The van der Waals surface area contributed by atoms with E-state index < -0.39 is 0 Å². The van der Waals surface area contributed by atoms with Gasteiger partial charge in [0.25, 0.3) is 5.91 Å². The van der Waals surface area contributed by atoms with E-state index in [4.69, 9.17) is 12.2 Å². The Hall–Kier alpha value is -2.73. The van der Waals surface area contributed by atoms with E-state index >= 15 is 0 Å². The number of anilines is 2. The third kappa shape index (κ3) is 5.69. The Kier molecular flexibility index (Phi) is 6.25. The molecule has 130 valence electrons. The van der Waals surface area contributed by atoms with Crippen LogP contribution in [0.25, 0.3) is 0 Å². The number of carbonyl (C=O) groups excluding carboxylic acids is 2. The van der Waals surface area contributed by atoms with Crippen LogP contribution in [-0.4, -0.2) is 16.9 Å².